The summed E-state index contributed by atoms with van der Waals surface area (Å²) in [5.41, 5.74) is 0.387. The quantitative estimate of drug-likeness (QED) is 0.738. The average molecular weight is 339 g/mol. The highest BCUT2D eigenvalue weighted by Crippen LogP contribution is 2.32. The van der Waals surface area contributed by atoms with Gasteiger partial charge in [-0.25, -0.2) is 0 Å². The summed E-state index contributed by atoms with van der Waals surface area (Å²) in [6.07, 6.45) is 2.25. The van der Waals surface area contributed by atoms with Crippen molar-refractivity contribution in [1.29, 1.82) is 0 Å². The van der Waals surface area contributed by atoms with E-state index in [1.165, 1.54) is 0 Å². The van der Waals surface area contributed by atoms with Crippen LogP contribution in [0, 0.1) is 5.92 Å². The number of benzene rings is 1. The van der Waals surface area contributed by atoms with E-state index in [-0.39, 0.29) is 25.1 Å². The standard InChI is InChI=1S/C16H19ClN2O4/c1-10(11-2-3-11)19-14(20)9-23-15(21)8-18-16(22)12-4-6-13(17)7-5-12/h4-7,10-11H,2-3,8-9H2,1H3,(H,18,22)(H,19,20)/t10-/m0/s1. The lowest BCUT2D eigenvalue weighted by atomic mass is 10.2. The van der Waals surface area contributed by atoms with E-state index in [0.29, 0.717) is 16.5 Å². The second-order valence-corrected chi connectivity index (χ2v) is 5.98. The highest BCUT2D eigenvalue weighted by atomic mass is 35.5. The molecular weight excluding hydrogens is 320 g/mol. The van der Waals surface area contributed by atoms with Crippen LogP contribution in [0.5, 0.6) is 0 Å². The van der Waals surface area contributed by atoms with Gasteiger partial charge in [-0.05, 0) is 49.9 Å². The fourth-order valence-electron chi connectivity index (χ4n) is 2.06. The fraction of sp³-hybridized carbons (Fsp3) is 0.438. The van der Waals surface area contributed by atoms with Gasteiger partial charge in [0.05, 0.1) is 0 Å². The molecule has 7 heteroatoms. The Labute approximate surface area is 139 Å². The predicted octanol–water partition coefficient (Wildman–Crippen LogP) is 1.53. The molecule has 23 heavy (non-hydrogen) atoms. The van der Waals surface area contributed by atoms with Gasteiger partial charge in [0.15, 0.2) is 6.61 Å². The number of nitrogens with one attached hydrogen (secondary N) is 2. The number of hydrogen-bond donors (Lipinski definition) is 2. The van der Waals surface area contributed by atoms with Gasteiger partial charge in [-0.2, -0.15) is 0 Å². The first-order valence-corrected chi connectivity index (χ1v) is 7.82. The van der Waals surface area contributed by atoms with E-state index in [0.717, 1.165) is 12.8 Å². The molecule has 0 unspecified atom stereocenters. The summed E-state index contributed by atoms with van der Waals surface area (Å²) < 4.78 is 4.82. The SMILES string of the molecule is C[C@H](NC(=O)COC(=O)CNC(=O)c1ccc(Cl)cc1)C1CC1. The minimum Gasteiger partial charge on any atom is -0.454 e. The van der Waals surface area contributed by atoms with Gasteiger partial charge in [-0.15, -0.1) is 0 Å². The first-order chi connectivity index (χ1) is 11.0. The maximum atomic E-state index is 11.8. The average Bonchev–Trinajstić information content (AvgIpc) is 3.36. The molecule has 0 radical (unpaired) electrons. The van der Waals surface area contributed by atoms with Gasteiger partial charge in [0.1, 0.15) is 6.54 Å². The Morgan fingerprint density at radius 2 is 1.91 bits per heavy atom. The van der Waals surface area contributed by atoms with Crippen LogP contribution in [0.1, 0.15) is 30.1 Å². The van der Waals surface area contributed by atoms with Gasteiger partial charge in [0, 0.05) is 16.6 Å². The van der Waals surface area contributed by atoms with E-state index >= 15 is 0 Å². The summed E-state index contributed by atoms with van der Waals surface area (Å²) in [4.78, 5) is 34.9. The fourth-order valence-corrected chi connectivity index (χ4v) is 2.19. The topological polar surface area (TPSA) is 84.5 Å². The molecule has 1 aromatic rings. The molecule has 2 N–H and O–H groups in total. The maximum Gasteiger partial charge on any atom is 0.325 e. The molecule has 1 aliphatic carbocycles. The molecule has 0 heterocycles. The number of hydrogen-bond acceptors (Lipinski definition) is 4. The summed E-state index contributed by atoms with van der Waals surface area (Å²) in [7, 11) is 0. The molecule has 2 rings (SSSR count). The van der Waals surface area contributed by atoms with Crippen molar-refractivity contribution in [2.45, 2.75) is 25.8 Å². The van der Waals surface area contributed by atoms with Crippen LogP contribution in [-0.2, 0) is 14.3 Å². The molecule has 6 nitrogen and oxygen atoms in total. The van der Waals surface area contributed by atoms with Crippen LogP contribution in [-0.4, -0.2) is 37.0 Å². The van der Waals surface area contributed by atoms with Crippen LogP contribution in [0.3, 0.4) is 0 Å². The van der Waals surface area contributed by atoms with Crippen LogP contribution in [0.25, 0.3) is 0 Å². The van der Waals surface area contributed by atoms with Gasteiger partial charge in [0.25, 0.3) is 11.8 Å². The molecule has 0 spiro atoms. The number of esters is 1. The van der Waals surface area contributed by atoms with Gasteiger partial charge < -0.3 is 15.4 Å². The van der Waals surface area contributed by atoms with Crippen molar-refractivity contribution < 1.29 is 19.1 Å². The van der Waals surface area contributed by atoms with Crippen molar-refractivity contribution in [2.24, 2.45) is 5.92 Å². The zero-order valence-electron chi connectivity index (χ0n) is 12.8. The van der Waals surface area contributed by atoms with Crippen molar-refractivity contribution in [3.8, 4) is 0 Å². The van der Waals surface area contributed by atoms with E-state index in [4.69, 9.17) is 16.3 Å². The van der Waals surface area contributed by atoms with Crippen LogP contribution in [0.4, 0.5) is 0 Å². The Bertz CT molecular complexity index is 584. The molecule has 1 aliphatic rings. The van der Waals surface area contributed by atoms with Gasteiger partial charge in [0.2, 0.25) is 0 Å². The highest BCUT2D eigenvalue weighted by Gasteiger charge is 2.28. The molecule has 1 atom stereocenters. The Hall–Kier alpha value is -2.08. The van der Waals surface area contributed by atoms with Crippen LogP contribution >= 0.6 is 11.6 Å². The van der Waals surface area contributed by atoms with Crippen molar-refractivity contribution in [1.82, 2.24) is 10.6 Å². The Kier molecular flexibility index (Phi) is 5.98. The zero-order valence-corrected chi connectivity index (χ0v) is 13.6. The minimum absolute atomic E-state index is 0.103. The minimum atomic E-state index is -0.665. The summed E-state index contributed by atoms with van der Waals surface area (Å²) in [6, 6.07) is 6.37. The van der Waals surface area contributed by atoms with Crippen molar-refractivity contribution in [2.75, 3.05) is 13.2 Å². The van der Waals surface area contributed by atoms with E-state index in [1.807, 2.05) is 6.92 Å². The third-order valence-electron chi connectivity index (χ3n) is 3.58. The molecule has 0 aromatic heterocycles. The smallest absolute Gasteiger partial charge is 0.325 e. The lowest BCUT2D eigenvalue weighted by molar-refractivity contribution is -0.147. The van der Waals surface area contributed by atoms with Crippen molar-refractivity contribution >= 4 is 29.4 Å². The van der Waals surface area contributed by atoms with Gasteiger partial charge in [-0.1, -0.05) is 11.6 Å². The third kappa shape index (κ3) is 5.90. The molecule has 1 fully saturated rings. The number of carbonyl (C=O) groups excluding carboxylic acids is 3. The molecule has 124 valence electrons. The van der Waals surface area contributed by atoms with Crippen molar-refractivity contribution in [3.05, 3.63) is 34.9 Å². The van der Waals surface area contributed by atoms with Crippen molar-refractivity contribution in [3.63, 3.8) is 0 Å². The van der Waals surface area contributed by atoms with Gasteiger partial charge >= 0.3 is 5.97 Å². The van der Waals surface area contributed by atoms with E-state index in [9.17, 15) is 14.4 Å². The molecular formula is C16H19ClN2O4. The molecule has 0 bridgehead atoms. The summed E-state index contributed by atoms with van der Waals surface area (Å²) in [5.74, 6) is -0.873. The monoisotopic (exact) mass is 338 g/mol. The molecule has 1 saturated carbocycles. The normalized spacial score (nSPS) is 14.7. The Morgan fingerprint density at radius 1 is 1.26 bits per heavy atom. The molecule has 0 saturated heterocycles. The third-order valence-corrected chi connectivity index (χ3v) is 3.83. The first kappa shape index (κ1) is 17.3. The number of halogens is 1. The Balaban J connectivity index is 1.65. The van der Waals surface area contributed by atoms with E-state index < -0.39 is 11.9 Å². The molecule has 0 aliphatic heterocycles. The summed E-state index contributed by atoms with van der Waals surface area (Å²) in [6.45, 7) is 1.29. The van der Waals surface area contributed by atoms with Gasteiger partial charge in [-0.3, -0.25) is 14.4 Å². The summed E-state index contributed by atoms with van der Waals surface area (Å²) in [5, 5.41) is 5.72. The van der Waals surface area contributed by atoms with Crippen LogP contribution in [0.15, 0.2) is 24.3 Å². The second kappa shape index (κ2) is 7.97. The van der Waals surface area contributed by atoms with Crippen LogP contribution < -0.4 is 10.6 Å². The molecule has 1 aromatic carbocycles. The largest absolute Gasteiger partial charge is 0.454 e. The number of carbonyl (C=O) groups is 3. The van der Waals surface area contributed by atoms with Crippen LogP contribution in [0.2, 0.25) is 5.02 Å². The summed E-state index contributed by atoms with van der Waals surface area (Å²) >= 11 is 5.73. The number of ether oxygens (including phenoxy) is 1. The first-order valence-electron chi connectivity index (χ1n) is 7.44. The second-order valence-electron chi connectivity index (χ2n) is 5.54. The predicted molar refractivity (Wildman–Crippen MR) is 85.1 cm³/mol. The lowest BCUT2D eigenvalue weighted by Gasteiger charge is -2.12. The van der Waals surface area contributed by atoms with E-state index in [2.05, 4.69) is 10.6 Å². The van der Waals surface area contributed by atoms with E-state index in [1.54, 1.807) is 24.3 Å². The lowest BCUT2D eigenvalue weighted by Crippen LogP contribution is -2.38. The zero-order chi connectivity index (χ0) is 16.8. The number of amides is 2. The highest BCUT2D eigenvalue weighted by molar-refractivity contribution is 6.30. The molecule has 2 amide bonds. The Morgan fingerprint density at radius 3 is 2.52 bits per heavy atom. The number of rotatable bonds is 7. The maximum absolute atomic E-state index is 11.8.